The molecule has 16 heavy (non-hydrogen) atoms. The first-order valence-electron chi connectivity index (χ1n) is 6.23. The van der Waals surface area contributed by atoms with Crippen LogP contribution in [0.15, 0.2) is 0 Å². The molecule has 0 atom stereocenters. The Bertz CT molecular complexity index is 162. The largest absolute Gasteiger partial charge is 0.382 e. The summed E-state index contributed by atoms with van der Waals surface area (Å²) in [5.74, 6) is -0.0174. The lowest BCUT2D eigenvalue weighted by Crippen LogP contribution is -2.28. The number of carbonyl (C=O) groups excluding carboxylic acids is 1. The van der Waals surface area contributed by atoms with Gasteiger partial charge in [-0.15, -0.1) is 0 Å². The van der Waals surface area contributed by atoms with E-state index in [-0.39, 0.29) is 12.5 Å². The van der Waals surface area contributed by atoms with Crippen molar-refractivity contribution in [2.45, 2.75) is 39.5 Å². The standard InChI is InChI=1S/C12H25NO3/c1-3-15-10-8-6-5-7-9-13-12(14)11-16-4-2/h3-11H2,1-2H3,(H,13,14). The van der Waals surface area contributed by atoms with Gasteiger partial charge in [-0.3, -0.25) is 4.79 Å². The lowest BCUT2D eigenvalue weighted by molar-refractivity contribution is -0.125. The van der Waals surface area contributed by atoms with Crippen LogP contribution in [0, 0.1) is 0 Å². The second-order valence-corrected chi connectivity index (χ2v) is 3.60. The van der Waals surface area contributed by atoms with Crippen molar-refractivity contribution in [3.63, 3.8) is 0 Å². The normalized spacial score (nSPS) is 10.4. The molecular weight excluding hydrogens is 206 g/mol. The Morgan fingerprint density at radius 3 is 2.38 bits per heavy atom. The fourth-order valence-electron chi connectivity index (χ4n) is 1.30. The van der Waals surface area contributed by atoms with E-state index in [1.54, 1.807) is 0 Å². The summed E-state index contributed by atoms with van der Waals surface area (Å²) < 4.78 is 10.2. The highest BCUT2D eigenvalue weighted by Gasteiger charge is 1.98. The summed E-state index contributed by atoms with van der Waals surface area (Å²) in [4.78, 5) is 11.1. The summed E-state index contributed by atoms with van der Waals surface area (Å²) in [5, 5.41) is 2.82. The number of carbonyl (C=O) groups is 1. The maximum Gasteiger partial charge on any atom is 0.245 e. The first-order chi connectivity index (χ1) is 7.81. The number of unbranched alkanes of at least 4 members (excludes halogenated alkanes) is 3. The summed E-state index contributed by atoms with van der Waals surface area (Å²) in [6, 6.07) is 0. The molecule has 0 rings (SSSR count). The third-order valence-electron chi connectivity index (χ3n) is 2.18. The SMILES string of the molecule is CCOCCCCCCNC(=O)COCC. The van der Waals surface area contributed by atoms with Crippen LogP contribution in [0.2, 0.25) is 0 Å². The van der Waals surface area contributed by atoms with Gasteiger partial charge in [0.2, 0.25) is 5.91 Å². The Morgan fingerprint density at radius 1 is 1.00 bits per heavy atom. The number of ether oxygens (including phenoxy) is 2. The molecular formula is C12H25NO3. The van der Waals surface area contributed by atoms with Crippen LogP contribution >= 0.6 is 0 Å². The summed E-state index contributed by atoms with van der Waals surface area (Å²) >= 11 is 0. The van der Waals surface area contributed by atoms with Gasteiger partial charge in [0.15, 0.2) is 0 Å². The third-order valence-corrected chi connectivity index (χ3v) is 2.18. The summed E-state index contributed by atoms with van der Waals surface area (Å²) in [6.07, 6.45) is 4.45. The highest BCUT2D eigenvalue weighted by atomic mass is 16.5. The van der Waals surface area contributed by atoms with Gasteiger partial charge in [-0.25, -0.2) is 0 Å². The van der Waals surface area contributed by atoms with Gasteiger partial charge < -0.3 is 14.8 Å². The number of nitrogens with one attached hydrogen (secondary N) is 1. The highest BCUT2D eigenvalue weighted by Crippen LogP contribution is 1.99. The fraction of sp³-hybridized carbons (Fsp3) is 0.917. The first-order valence-corrected chi connectivity index (χ1v) is 6.23. The van der Waals surface area contributed by atoms with Gasteiger partial charge in [0.1, 0.15) is 6.61 Å². The molecule has 0 saturated heterocycles. The molecule has 96 valence electrons. The Balaban J connectivity index is 3.05. The van der Waals surface area contributed by atoms with E-state index in [0.29, 0.717) is 6.61 Å². The molecule has 4 nitrogen and oxygen atoms in total. The van der Waals surface area contributed by atoms with Gasteiger partial charge in [0.25, 0.3) is 0 Å². The van der Waals surface area contributed by atoms with Gasteiger partial charge in [-0.2, -0.15) is 0 Å². The molecule has 0 aliphatic carbocycles. The number of hydrogen-bond acceptors (Lipinski definition) is 3. The van der Waals surface area contributed by atoms with Gasteiger partial charge in [0.05, 0.1) is 0 Å². The van der Waals surface area contributed by atoms with Crippen LogP contribution < -0.4 is 5.32 Å². The summed E-state index contributed by atoms with van der Waals surface area (Å²) in [5.41, 5.74) is 0. The molecule has 0 radical (unpaired) electrons. The minimum absolute atomic E-state index is 0.0174. The zero-order chi connectivity index (χ0) is 12.1. The topological polar surface area (TPSA) is 47.6 Å². The summed E-state index contributed by atoms with van der Waals surface area (Å²) in [7, 11) is 0. The smallest absolute Gasteiger partial charge is 0.245 e. The van der Waals surface area contributed by atoms with Crippen molar-refractivity contribution in [2.75, 3.05) is 33.0 Å². The van der Waals surface area contributed by atoms with E-state index in [9.17, 15) is 4.79 Å². The maximum atomic E-state index is 11.1. The second kappa shape index (κ2) is 12.5. The quantitative estimate of drug-likeness (QED) is 0.551. The molecule has 0 aliphatic rings. The highest BCUT2D eigenvalue weighted by molar-refractivity contribution is 5.77. The molecule has 0 saturated carbocycles. The zero-order valence-corrected chi connectivity index (χ0v) is 10.6. The van der Waals surface area contributed by atoms with Crippen LogP contribution in [0.4, 0.5) is 0 Å². The monoisotopic (exact) mass is 231 g/mol. The molecule has 0 aromatic heterocycles. The molecule has 0 aliphatic heterocycles. The molecule has 1 amide bonds. The van der Waals surface area contributed by atoms with Crippen molar-refractivity contribution in [2.24, 2.45) is 0 Å². The lowest BCUT2D eigenvalue weighted by Gasteiger charge is -2.05. The summed E-state index contributed by atoms with van der Waals surface area (Å²) in [6.45, 7) is 7.06. The van der Waals surface area contributed by atoms with Gasteiger partial charge in [-0.05, 0) is 26.7 Å². The molecule has 1 N–H and O–H groups in total. The van der Waals surface area contributed by atoms with Crippen molar-refractivity contribution in [1.82, 2.24) is 5.32 Å². The molecule has 0 aromatic carbocycles. The van der Waals surface area contributed by atoms with Crippen LogP contribution in [-0.2, 0) is 14.3 Å². The van der Waals surface area contributed by atoms with Crippen molar-refractivity contribution < 1.29 is 14.3 Å². The zero-order valence-electron chi connectivity index (χ0n) is 10.6. The van der Waals surface area contributed by atoms with Crippen LogP contribution in [0.3, 0.4) is 0 Å². The molecule has 0 bridgehead atoms. The number of rotatable bonds is 11. The van der Waals surface area contributed by atoms with E-state index >= 15 is 0 Å². The molecule has 0 fully saturated rings. The first kappa shape index (κ1) is 15.4. The molecule has 4 heteroatoms. The average molecular weight is 231 g/mol. The van der Waals surface area contributed by atoms with E-state index in [0.717, 1.165) is 39.0 Å². The predicted octanol–water partition coefficient (Wildman–Crippen LogP) is 1.74. The second-order valence-electron chi connectivity index (χ2n) is 3.60. The van der Waals surface area contributed by atoms with Crippen molar-refractivity contribution in [3.05, 3.63) is 0 Å². The van der Waals surface area contributed by atoms with Crippen molar-refractivity contribution in [3.8, 4) is 0 Å². The van der Waals surface area contributed by atoms with Crippen LogP contribution in [-0.4, -0.2) is 38.9 Å². The predicted molar refractivity (Wildman–Crippen MR) is 64.5 cm³/mol. The molecule has 0 heterocycles. The van der Waals surface area contributed by atoms with Crippen LogP contribution in [0.25, 0.3) is 0 Å². The molecule has 0 unspecified atom stereocenters. The molecule has 0 spiro atoms. The molecule has 0 aromatic rings. The van der Waals surface area contributed by atoms with Crippen LogP contribution in [0.1, 0.15) is 39.5 Å². The lowest BCUT2D eigenvalue weighted by atomic mass is 10.2. The van der Waals surface area contributed by atoms with Crippen molar-refractivity contribution >= 4 is 5.91 Å². The average Bonchev–Trinajstić information content (AvgIpc) is 2.30. The van der Waals surface area contributed by atoms with Gasteiger partial charge in [-0.1, -0.05) is 12.8 Å². The minimum atomic E-state index is -0.0174. The fourth-order valence-corrected chi connectivity index (χ4v) is 1.30. The van der Waals surface area contributed by atoms with E-state index in [4.69, 9.17) is 9.47 Å². The Morgan fingerprint density at radius 2 is 1.69 bits per heavy atom. The Hall–Kier alpha value is -0.610. The van der Waals surface area contributed by atoms with E-state index in [1.165, 1.54) is 6.42 Å². The Kier molecular flexibility index (Phi) is 12.0. The van der Waals surface area contributed by atoms with E-state index in [2.05, 4.69) is 5.32 Å². The maximum absolute atomic E-state index is 11.1. The number of hydrogen-bond donors (Lipinski definition) is 1. The van der Waals surface area contributed by atoms with Crippen molar-refractivity contribution in [1.29, 1.82) is 0 Å². The van der Waals surface area contributed by atoms with Gasteiger partial charge in [0, 0.05) is 26.4 Å². The third kappa shape index (κ3) is 11.5. The minimum Gasteiger partial charge on any atom is -0.382 e. The Labute approximate surface area is 98.7 Å². The van der Waals surface area contributed by atoms with E-state index < -0.39 is 0 Å². The van der Waals surface area contributed by atoms with Crippen LogP contribution in [0.5, 0.6) is 0 Å². The van der Waals surface area contributed by atoms with Gasteiger partial charge >= 0.3 is 0 Å². The van der Waals surface area contributed by atoms with E-state index in [1.807, 2.05) is 13.8 Å². The number of amides is 1.